The van der Waals surface area contributed by atoms with E-state index < -0.39 is 296 Å². The minimum Gasteiger partial charge on any atom is -0.481 e. The van der Waals surface area contributed by atoms with Crippen LogP contribution in [0.4, 0.5) is 0 Å². The summed E-state index contributed by atoms with van der Waals surface area (Å²) < 4.78 is 0. The van der Waals surface area contributed by atoms with Gasteiger partial charge in [-0.3, -0.25) is 81.5 Å². The molecule has 12 atom stereocenters. The lowest BCUT2D eigenvalue weighted by Crippen LogP contribution is -2.62. The molecule has 0 unspecified atom stereocenters. The molecule has 0 aromatic carbocycles. The zero-order valence-corrected chi connectivity index (χ0v) is 47.9. The first-order chi connectivity index (χ1) is 42.6. The van der Waals surface area contributed by atoms with Gasteiger partial charge in [-0.1, -0.05) is 0 Å². The van der Waals surface area contributed by atoms with Crippen molar-refractivity contribution < 1.29 is 153 Å². The number of carbonyl (C=O) groups excluding carboxylic acids is 11. The molecule has 0 aliphatic heterocycles. The molecule has 26 N–H and O–H groups in total. The van der Waals surface area contributed by atoms with Crippen LogP contribution in [-0.4, -0.2) is 285 Å². The minimum absolute atomic E-state index is 0.418. The average molecular weight is 1320 g/mol. The number of rotatable bonds is 47. The van der Waals surface area contributed by atoms with Crippen LogP contribution in [0.15, 0.2) is 0 Å². The summed E-state index contributed by atoms with van der Waals surface area (Å²) in [6.07, 6.45) is -9.62. The Kier molecular flexibility index (Phi) is 37.6. The first kappa shape index (κ1) is 81.2. The number of nitrogens with two attached hydrogens (primary N) is 1. The standard InChI is InChI=1S/C48H74N12O31/c49-19(1-7-31(67)68)37(79)55-25(13-61)43(85)50-20(2-8-32(69)70)38(80)56-26(14-62)44(86)51-21(3-9-33(71)72)39(81)57-27(15-63)45(87)52-22(4-10-34(73)74)40(82)58-28(16-64)46(88)53-23(5-11-35(75)76)41(83)59-29(17-65)47(89)54-24(6-12-36(77)78)42(84)60-30(18-66)48(90)91/h19-30,61-66H,1-18,49H2,(H,50,85)(H,51,86)(H,52,87)(H,53,88)(H,54,89)(H,55,79)(H,56,80)(H,57,81)(H,58,82)(H,59,83)(H,60,84)(H,67,68)(H,69,70)(H,71,72)(H,73,74)(H,75,76)(H,77,78)(H,90,91)/t19-,20-,21-,22-,23-,24-,25-,26-,27-,28-,29-,30-/m0/s1. The van der Waals surface area contributed by atoms with E-state index in [9.17, 15) is 142 Å². The average Bonchev–Trinajstić information content (AvgIpc) is 1.77. The predicted octanol–water partition coefficient (Wildman–Crippen LogP) is -13.1. The Morgan fingerprint density at radius 1 is 0.220 bits per heavy atom. The first-order valence-corrected chi connectivity index (χ1v) is 26.9. The molecule has 0 aliphatic carbocycles. The van der Waals surface area contributed by atoms with Crippen molar-refractivity contribution in [3.8, 4) is 0 Å². The molecule has 43 nitrogen and oxygen atoms in total. The van der Waals surface area contributed by atoms with Crippen LogP contribution in [0.3, 0.4) is 0 Å². The van der Waals surface area contributed by atoms with Crippen molar-refractivity contribution in [3.05, 3.63) is 0 Å². The van der Waals surface area contributed by atoms with Crippen molar-refractivity contribution in [2.75, 3.05) is 39.6 Å². The highest BCUT2D eigenvalue weighted by atomic mass is 16.4. The molecular formula is C48H74N12O31. The third kappa shape index (κ3) is 31.8. The molecule has 0 rings (SSSR count). The van der Waals surface area contributed by atoms with E-state index in [4.69, 9.17) is 15.9 Å². The number of carboxylic acid groups (broad SMARTS) is 7. The predicted molar refractivity (Wildman–Crippen MR) is 291 cm³/mol. The number of hydrogen-bond donors (Lipinski definition) is 25. The van der Waals surface area contributed by atoms with Crippen LogP contribution in [0, 0.1) is 0 Å². The smallest absolute Gasteiger partial charge is 0.328 e. The van der Waals surface area contributed by atoms with Gasteiger partial charge in [-0.25, -0.2) is 4.79 Å². The molecule has 43 heteroatoms. The van der Waals surface area contributed by atoms with E-state index >= 15 is 0 Å². The number of aliphatic hydroxyl groups is 6. The quantitative estimate of drug-likeness (QED) is 0.0269. The molecule has 0 aromatic heterocycles. The lowest BCUT2D eigenvalue weighted by Gasteiger charge is -2.27. The highest BCUT2D eigenvalue weighted by molar-refractivity contribution is 6.00. The van der Waals surface area contributed by atoms with Gasteiger partial charge in [-0.2, -0.15) is 0 Å². The molecule has 0 bridgehead atoms. The van der Waals surface area contributed by atoms with E-state index in [0.717, 1.165) is 0 Å². The summed E-state index contributed by atoms with van der Waals surface area (Å²) >= 11 is 0. The van der Waals surface area contributed by atoms with E-state index in [0.29, 0.717) is 0 Å². The fourth-order valence-electron chi connectivity index (χ4n) is 7.25. The van der Waals surface area contributed by atoms with Gasteiger partial charge < -0.3 is 131 Å². The zero-order valence-electron chi connectivity index (χ0n) is 47.9. The van der Waals surface area contributed by atoms with Crippen molar-refractivity contribution in [2.24, 2.45) is 5.73 Å². The highest BCUT2D eigenvalue weighted by Gasteiger charge is 2.37. The SMILES string of the molecule is N[C@@H](CCC(=O)O)C(=O)N[C@@H](CO)C(=O)N[C@@H](CCC(=O)O)C(=O)N[C@@H](CO)C(=O)N[C@@H](CCC(=O)O)C(=O)N[C@@H](CO)C(=O)N[C@@H](CCC(=O)O)C(=O)N[C@@H](CO)C(=O)N[C@@H](CCC(=O)O)C(=O)N[C@@H](CO)C(=O)N[C@@H](CCC(=O)O)C(=O)N[C@@H](CO)C(=O)O. The van der Waals surface area contributed by atoms with E-state index in [1.165, 1.54) is 0 Å². The summed E-state index contributed by atoms with van der Waals surface area (Å²) in [7, 11) is 0. The van der Waals surface area contributed by atoms with Gasteiger partial charge in [0.1, 0.15) is 66.5 Å². The minimum atomic E-state index is -2.21. The number of amides is 11. The monoisotopic (exact) mass is 1310 g/mol. The van der Waals surface area contributed by atoms with E-state index in [2.05, 4.69) is 0 Å². The third-order valence-corrected chi connectivity index (χ3v) is 12.3. The number of aliphatic carboxylic acids is 7. The molecule has 0 saturated heterocycles. The second-order valence-corrected chi connectivity index (χ2v) is 19.3. The maximum absolute atomic E-state index is 13.6. The van der Waals surface area contributed by atoms with Crippen LogP contribution in [-0.2, 0) is 86.3 Å². The van der Waals surface area contributed by atoms with E-state index in [-0.39, 0.29) is 0 Å². The summed E-state index contributed by atoms with van der Waals surface area (Å²) in [4.78, 5) is 226. The van der Waals surface area contributed by atoms with Gasteiger partial charge in [0.25, 0.3) is 0 Å². The molecular weight excluding hydrogens is 1240 g/mol. The summed E-state index contributed by atoms with van der Waals surface area (Å²) in [6, 6.07) is -24.1. The van der Waals surface area contributed by atoms with Crippen molar-refractivity contribution in [1.29, 1.82) is 0 Å². The van der Waals surface area contributed by atoms with Crippen LogP contribution in [0.5, 0.6) is 0 Å². The number of nitrogens with one attached hydrogen (secondary N) is 11. The Labute approximate surface area is 512 Å². The van der Waals surface area contributed by atoms with Gasteiger partial charge in [0.2, 0.25) is 65.0 Å². The first-order valence-electron chi connectivity index (χ1n) is 26.9. The van der Waals surface area contributed by atoms with Gasteiger partial charge >= 0.3 is 41.8 Å². The summed E-state index contributed by atoms with van der Waals surface area (Å²) in [5.74, 6) is -26.7. The summed E-state index contributed by atoms with van der Waals surface area (Å²) in [5, 5.41) is 145. The topological polar surface area (TPSA) is 729 Å². The Bertz CT molecular complexity index is 2630. The van der Waals surface area contributed by atoms with Crippen LogP contribution >= 0.6 is 0 Å². The van der Waals surface area contributed by atoms with E-state index in [1.54, 1.807) is 0 Å². The molecule has 0 heterocycles. The largest absolute Gasteiger partial charge is 0.481 e. The molecule has 512 valence electrons. The molecule has 0 aliphatic rings. The Hall–Kier alpha value is -9.82. The van der Waals surface area contributed by atoms with Crippen molar-refractivity contribution in [1.82, 2.24) is 58.5 Å². The van der Waals surface area contributed by atoms with E-state index in [1.807, 2.05) is 58.5 Å². The second kappa shape index (κ2) is 42.2. The maximum atomic E-state index is 13.6. The Balaban J connectivity index is 6.59. The van der Waals surface area contributed by atoms with Gasteiger partial charge in [0, 0.05) is 38.5 Å². The van der Waals surface area contributed by atoms with Gasteiger partial charge in [0.15, 0.2) is 0 Å². The molecule has 91 heavy (non-hydrogen) atoms. The molecule has 0 saturated carbocycles. The number of hydrogen-bond acceptors (Lipinski definition) is 25. The molecule has 0 spiro atoms. The Morgan fingerprint density at radius 2 is 0.363 bits per heavy atom. The molecule has 0 radical (unpaired) electrons. The Morgan fingerprint density at radius 3 is 0.527 bits per heavy atom. The highest BCUT2D eigenvalue weighted by Crippen LogP contribution is 2.08. The zero-order chi connectivity index (χ0) is 69.8. The summed E-state index contributed by atoms with van der Waals surface area (Å²) in [6.45, 7) is -7.79. The lowest BCUT2D eigenvalue weighted by molar-refractivity contribution is -0.144. The molecule has 11 amide bonds. The number of carbonyl (C=O) groups is 18. The normalized spacial score (nSPS) is 14.8. The third-order valence-electron chi connectivity index (χ3n) is 12.3. The van der Waals surface area contributed by atoms with Crippen molar-refractivity contribution in [3.63, 3.8) is 0 Å². The lowest BCUT2D eigenvalue weighted by atomic mass is 10.1. The van der Waals surface area contributed by atoms with Gasteiger partial charge in [-0.05, 0) is 38.5 Å². The maximum Gasteiger partial charge on any atom is 0.328 e. The van der Waals surface area contributed by atoms with Crippen LogP contribution < -0.4 is 64.2 Å². The number of carboxylic acids is 7. The van der Waals surface area contributed by atoms with Crippen LogP contribution in [0.1, 0.15) is 77.0 Å². The van der Waals surface area contributed by atoms with Crippen molar-refractivity contribution in [2.45, 2.75) is 150 Å². The van der Waals surface area contributed by atoms with Gasteiger partial charge in [-0.15, -0.1) is 0 Å². The fourth-order valence-corrected chi connectivity index (χ4v) is 7.25. The molecule has 0 fully saturated rings. The van der Waals surface area contributed by atoms with Crippen LogP contribution in [0.2, 0.25) is 0 Å². The molecule has 0 aromatic rings. The second-order valence-electron chi connectivity index (χ2n) is 19.3. The van der Waals surface area contributed by atoms with Crippen molar-refractivity contribution >= 4 is 107 Å². The summed E-state index contributed by atoms with van der Waals surface area (Å²) in [5.41, 5.74) is 5.61. The van der Waals surface area contributed by atoms with Gasteiger partial charge in [0.05, 0.1) is 45.7 Å². The number of aliphatic hydroxyl groups excluding tert-OH is 6. The fraction of sp³-hybridized carbons (Fsp3) is 0.625. The van der Waals surface area contributed by atoms with Crippen LogP contribution in [0.25, 0.3) is 0 Å².